The van der Waals surface area contributed by atoms with E-state index in [1.54, 1.807) is 0 Å². The molecule has 1 aliphatic carbocycles. The number of hydrogen-bond donors (Lipinski definition) is 1. The number of aromatic nitrogens is 3. The van der Waals surface area contributed by atoms with Crippen LogP contribution in [-0.2, 0) is 6.54 Å². The summed E-state index contributed by atoms with van der Waals surface area (Å²) in [6.07, 6.45) is 6.27. The van der Waals surface area contributed by atoms with Gasteiger partial charge in [-0.15, -0.1) is 0 Å². The number of nitrogens with zero attached hydrogens (tertiary/aromatic N) is 3. The van der Waals surface area contributed by atoms with Gasteiger partial charge < -0.3 is 10.3 Å². The third-order valence-corrected chi connectivity index (χ3v) is 4.24. The van der Waals surface area contributed by atoms with Gasteiger partial charge in [-0.25, -0.2) is 9.97 Å². The van der Waals surface area contributed by atoms with Crippen LogP contribution in [0, 0.1) is 5.92 Å². The van der Waals surface area contributed by atoms with Crippen molar-refractivity contribution in [3.8, 4) is 11.1 Å². The highest BCUT2D eigenvalue weighted by Crippen LogP contribution is 2.36. The molecule has 106 valence electrons. The molecule has 0 radical (unpaired) electrons. The van der Waals surface area contributed by atoms with Crippen LogP contribution in [0.2, 0.25) is 5.02 Å². The molecule has 2 N–H and O–H groups in total. The predicted octanol–water partition coefficient (Wildman–Crippen LogP) is 3.74. The van der Waals surface area contributed by atoms with E-state index in [-0.39, 0.29) is 0 Å². The maximum atomic E-state index is 6.09. The quantitative estimate of drug-likeness (QED) is 0.801. The molecule has 0 aliphatic heterocycles. The first kappa shape index (κ1) is 12.7. The summed E-state index contributed by atoms with van der Waals surface area (Å²) in [5.74, 6) is 1.30. The molecule has 0 amide bonds. The van der Waals surface area contributed by atoms with E-state index < -0.39 is 0 Å². The molecule has 4 rings (SSSR count). The minimum Gasteiger partial charge on any atom is -0.383 e. The van der Waals surface area contributed by atoms with Gasteiger partial charge in [-0.05, 0) is 36.5 Å². The Kier molecular flexibility index (Phi) is 2.86. The first-order valence-electron chi connectivity index (χ1n) is 7.07. The van der Waals surface area contributed by atoms with Crippen LogP contribution in [0.5, 0.6) is 0 Å². The molecule has 5 heteroatoms. The maximum absolute atomic E-state index is 6.09. The molecule has 2 aromatic heterocycles. The lowest BCUT2D eigenvalue weighted by atomic mass is 10.1. The van der Waals surface area contributed by atoms with Gasteiger partial charge in [-0.3, -0.25) is 0 Å². The third kappa shape index (κ3) is 2.25. The van der Waals surface area contributed by atoms with Crippen LogP contribution in [0.25, 0.3) is 22.2 Å². The molecular weight excluding hydrogens is 284 g/mol. The number of nitrogen functional groups attached to an aromatic ring is 1. The van der Waals surface area contributed by atoms with Crippen molar-refractivity contribution in [2.45, 2.75) is 19.4 Å². The van der Waals surface area contributed by atoms with Crippen molar-refractivity contribution in [2.75, 3.05) is 5.73 Å². The lowest BCUT2D eigenvalue weighted by Gasteiger charge is -2.02. The summed E-state index contributed by atoms with van der Waals surface area (Å²) in [4.78, 5) is 8.58. The third-order valence-electron chi connectivity index (χ3n) is 3.99. The van der Waals surface area contributed by atoms with Crippen LogP contribution in [0.15, 0.2) is 36.8 Å². The molecule has 3 aromatic rings. The summed E-state index contributed by atoms with van der Waals surface area (Å²) in [6.45, 7) is 1.00. The van der Waals surface area contributed by atoms with Gasteiger partial charge in [0.15, 0.2) is 0 Å². The number of nitrogens with two attached hydrogens (primary N) is 1. The van der Waals surface area contributed by atoms with E-state index >= 15 is 0 Å². The molecule has 0 saturated heterocycles. The highest BCUT2D eigenvalue weighted by Gasteiger charge is 2.24. The number of anilines is 1. The van der Waals surface area contributed by atoms with Gasteiger partial charge >= 0.3 is 0 Å². The van der Waals surface area contributed by atoms with Gasteiger partial charge in [0.05, 0.1) is 5.39 Å². The van der Waals surface area contributed by atoms with Gasteiger partial charge in [0.1, 0.15) is 17.8 Å². The number of benzene rings is 1. The van der Waals surface area contributed by atoms with Crippen molar-refractivity contribution < 1.29 is 0 Å². The molecule has 0 spiro atoms. The van der Waals surface area contributed by atoms with E-state index in [2.05, 4.69) is 20.7 Å². The van der Waals surface area contributed by atoms with Gasteiger partial charge in [-0.1, -0.05) is 23.7 Å². The number of hydrogen-bond acceptors (Lipinski definition) is 3. The summed E-state index contributed by atoms with van der Waals surface area (Å²) < 4.78 is 2.20. The second-order valence-corrected chi connectivity index (χ2v) is 6.04. The predicted molar refractivity (Wildman–Crippen MR) is 85.1 cm³/mol. The van der Waals surface area contributed by atoms with Crippen molar-refractivity contribution >= 4 is 28.5 Å². The van der Waals surface area contributed by atoms with E-state index in [1.165, 1.54) is 19.2 Å². The maximum Gasteiger partial charge on any atom is 0.146 e. The SMILES string of the molecule is Nc1ncnc2c1c(-c1ccc(Cl)cc1)cn2CC1CC1. The number of rotatable bonds is 3. The molecular formula is C16H15ClN4. The van der Waals surface area contributed by atoms with Crippen molar-refractivity contribution in [1.29, 1.82) is 0 Å². The number of fused-ring (bicyclic) bond motifs is 1. The molecule has 1 fully saturated rings. The minimum atomic E-state index is 0.527. The van der Waals surface area contributed by atoms with Crippen LogP contribution in [0.1, 0.15) is 12.8 Å². The Hall–Kier alpha value is -2.07. The van der Waals surface area contributed by atoms with E-state index in [9.17, 15) is 0 Å². The summed E-state index contributed by atoms with van der Waals surface area (Å²) in [7, 11) is 0. The van der Waals surface area contributed by atoms with E-state index in [0.29, 0.717) is 5.82 Å². The lowest BCUT2D eigenvalue weighted by Crippen LogP contribution is -2.00. The topological polar surface area (TPSA) is 56.7 Å². The lowest BCUT2D eigenvalue weighted by molar-refractivity contribution is 0.643. The molecule has 1 aliphatic rings. The number of halogens is 1. The van der Waals surface area contributed by atoms with Crippen molar-refractivity contribution in [3.05, 3.63) is 41.8 Å². The van der Waals surface area contributed by atoms with Crippen LogP contribution < -0.4 is 5.73 Å². The van der Waals surface area contributed by atoms with Crippen LogP contribution in [0.4, 0.5) is 5.82 Å². The standard InChI is InChI=1S/C16H15ClN4/c17-12-5-3-11(4-6-12)13-8-21(7-10-1-2-10)16-14(13)15(18)19-9-20-16/h3-6,8-10H,1-2,7H2,(H2,18,19,20). The smallest absolute Gasteiger partial charge is 0.146 e. The highest BCUT2D eigenvalue weighted by molar-refractivity contribution is 6.30. The Bertz CT molecular complexity index is 803. The van der Waals surface area contributed by atoms with E-state index in [4.69, 9.17) is 17.3 Å². The Labute approximate surface area is 127 Å². The summed E-state index contributed by atoms with van der Waals surface area (Å²) in [6, 6.07) is 7.79. The van der Waals surface area contributed by atoms with Gasteiger partial charge in [0.2, 0.25) is 0 Å². The average Bonchev–Trinajstić information content (AvgIpc) is 3.21. The summed E-state index contributed by atoms with van der Waals surface area (Å²) in [5, 5.41) is 1.66. The molecule has 21 heavy (non-hydrogen) atoms. The zero-order valence-electron chi connectivity index (χ0n) is 11.5. The van der Waals surface area contributed by atoms with Crippen molar-refractivity contribution in [1.82, 2.24) is 14.5 Å². The van der Waals surface area contributed by atoms with Crippen LogP contribution in [-0.4, -0.2) is 14.5 Å². The molecule has 4 nitrogen and oxygen atoms in total. The second kappa shape index (κ2) is 4.74. The molecule has 1 aromatic carbocycles. The molecule has 0 unspecified atom stereocenters. The van der Waals surface area contributed by atoms with Crippen LogP contribution >= 0.6 is 11.6 Å². The monoisotopic (exact) mass is 298 g/mol. The van der Waals surface area contributed by atoms with Crippen molar-refractivity contribution in [2.24, 2.45) is 5.92 Å². The highest BCUT2D eigenvalue weighted by atomic mass is 35.5. The second-order valence-electron chi connectivity index (χ2n) is 5.60. The first-order chi connectivity index (χ1) is 10.2. The molecule has 0 bridgehead atoms. The molecule has 1 saturated carbocycles. The average molecular weight is 299 g/mol. The normalized spacial score (nSPS) is 14.7. The zero-order valence-corrected chi connectivity index (χ0v) is 12.2. The molecule has 2 heterocycles. The van der Waals surface area contributed by atoms with E-state index in [1.807, 2.05) is 24.3 Å². The van der Waals surface area contributed by atoms with E-state index in [0.717, 1.165) is 39.6 Å². The fraction of sp³-hybridized carbons (Fsp3) is 0.250. The van der Waals surface area contributed by atoms with Gasteiger partial charge in [0, 0.05) is 23.3 Å². The Balaban J connectivity index is 1.92. The summed E-state index contributed by atoms with van der Waals surface area (Å²) in [5.41, 5.74) is 9.16. The van der Waals surface area contributed by atoms with Crippen LogP contribution in [0.3, 0.4) is 0 Å². The Morgan fingerprint density at radius 3 is 2.67 bits per heavy atom. The fourth-order valence-corrected chi connectivity index (χ4v) is 2.84. The zero-order chi connectivity index (χ0) is 14.4. The molecule has 0 atom stereocenters. The largest absolute Gasteiger partial charge is 0.383 e. The van der Waals surface area contributed by atoms with Gasteiger partial charge in [0.25, 0.3) is 0 Å². The van der Waals surface area contributed by atoms with Crippen molar-refractivity contribution in [3.63, 3.8) is 0 Å². The Morgan fingerprint density at radius 1 is 1.19 bits per heavy atom. The minimum absolute atomic E-state index is 0.527. The Morgan fingerprint density at radius 2 is 1.95 bits per heavy atom. The fourth-order valence-electron chi connectivity index (χ4n) is 2.71. The first-order valence-corrected chi connectivity index (χ1v) is 7.45. The summed E-state index contributed by atoms with van der Waals surface area (Å²) >= 11 is 5.98. The van der Waals surface area contributed by atoms with Gasteiger partial charge in [-0.2, -0.15) is 0 Å².